The molecule has 0 aromatic heterocycles. The summed E-state index contributed by atoms with van der Waals surface area (Å²) in [5, 5.41) is 3.08. The van der Waals surface area contributed by atoms with Crippen LogP contribution in [0.2, 0.25) is 0 Å². The monoisotopic (exact) mass is 448 g/mol. The van der Waals surface area contributed by atoms with E-state index in [9.17, 15) is 0 Å². The summed E-state index contributed by atoms with van der Waals surface area (Å²) in [6.07, 6.45) is 1.61. The van der Waals surface area contributed by atoms with Gasteiger partial charge in [-0.15, -0.1) is 24.0 Å². The highest BCUT2D eigenvalue weighted by molar-refractivity contribution is 14.0. The smallest absolute Gasteiger partial charge is 0.193 e. The molecule has 0 spiro atoms. The molecule has 0 aliphatic carbocycles. The molecule has 1 saturated heterocycles. The number of nitrogens with zero attached hydrogens (tertiary/aromatic N) is 2. The number of hydrogen-bond donors (Lipinski definition) is 2. The first kappa shape index (κ1) is 21.0. The minimum absolute atomic E-state index is 0. The van der Waals surface area contributed by atoms with Gasteiger partial charge >= 0.3 is 0 Å². The average molecular weight is 448 g/mol. The van der Waals surface area contributed by atoms with Gasteiger partial charge in [0.15, 0.2) is 5.96 Å². The number of nitrogens with one attached hydrogen (secondary N) is 1. The minimum Gasteiger partial charge on any atom is -0.497 e. The van der Waals surface area contributed by atoms with Crippen LogP contribution in [0.5, 0.6) is 5.75 Å². The third-order valence-electron chi connectivity index (χ3n) is 3.77. The van der Waals surface area contributed by atoms with E-state index in [4.69, 9.17) is 15.2 Å². The molecule has 1 fully saturated rings. The molecule has 1 aliphatic rings. The normalized spacial score (nSPS) is 21.9. The lowest BCUT2D eigenvalue weighted by Gasteiger charge is -2.35. The van der Waals surface area contributed by atoms with Crippen LogP contribution >= 0.6 is 24.0 Å². The van der Waals surface area contributed by atoms with Gasteiger partial charge in [-0.3, -0.25) is 9.89 Å². The van der Waals surface area contributed by atoms with Gasteiger partial charge in [-0.2, -0.15) is 0 Å². The van der Waals surface area contributed by atoms with Gasteiger partial charge in [-0.25, -0.2) is 0 Å². The molecule has 1 aliphatic heterocycles. The number of ether oxygens (including phenoxy) is 2. The van der Waals surface area contributed by atoms with E-state index in [0.717, 1.165) is 44.0 Å². The predicted octanol–water partition coefficient (Wildman–Crippen LogP) is 2.54. The number of rotatable bonds is 6. The van der Waals surface area contributed by atoms with Crippen molar-refractivity contribution in [3.8, 4) is 5.75 Å². The van der Waals surface area contributed by atoms with Gasteiger partial charge in [0.2, 0.25) is 0 Å². The van der Waals surface area contributed by atoms with Crippen molar-refractivity contribution in [1.29, 1.82) is 0 Å². The highest BCUT2D eigenvalue weighted by Gasteiger charge is 2.21. The third kappa shape index (κ3) is 7.23. The number of aliphatic imine (C=N–C) groups is 1. The second-order valence-corrected chi connectivity index (χ2v) is 5.99. The first-order chi connectivity index (χ1) is 11.1. The molecule has 0 radical (unpaired) electrons. The van der Waals surface area contributed by atoms with Gasteiger partial charge < -0.3 is 20.5 Å². The van der Waals surface area contributed by atoms with E-state index in [1.807, 2.05) is 24.3 Å². The Hall–Kier alpha value is -1.06. The third-order valence-corrected chi connectivity index (χ3v) is 3.77. The van der Waals surface area contributed by atoms with Crippen molar-refractivity contribution in [2.75, 3.05) is 38.6 Å². The molecule has 2 rings (SSSR count). The fourth-order valence-corrected chi connectivity index (χ4v) is 2.82. The van der Waals surface area contributed by atoms with E-state index in [-0.39, 0.29) is 24.0 Å². The van der Waals surface area contributed by atoms with Gasteiger partial charge in [-0.05, 0) is 44.5 Å². The summed E-state index contributed by atoms with van der Waals surface area (Å²) >= 11 is 0. The second kappa shape index (κ2) is 10.7. The summed E-state index contributed by atoms with van der Waals surface area (Å²) in [6.45, 7) is 7.98. The lowest BCUT2D eigenvalue weighted by atomic mass is 10.2. The van der Waals surface area contributed by atoms with Crippen molar-refractivity contribution in [2.24, 2.45) is 10.7 Å². The molecule has 0 amide bonds. The second-order valence-electron chi connectivity index (χ2n) is 5.99. The maximum atomic E-state index is 5.91. The fraction of sp³-hybridized carbons (Fsp3) is 0.588. The van der Waals surface area contributed by atoms with Crippen LogP contribution in [0.3, 0.4) is 0 Å². The van der Waals surface area contributed by atoms with E-state index in [2.05, 4.69) is 29.1 Å². The Labute approximate surface area is 161 Å². The number of morpholine rings is 1. The Morgan fingerprint density at radius 1 is 1.29 bits per heavy atom. The first-order valence-electron chi connectivity index (χ1n) is 8.15. The summed E-state index contributed by atoms with van der Waals surface area (Å²) in [5.41, 5.74) is 6.82. The number of methoxy groups -OCH3 is 1. The number of anilines is 1. The maximum Gasteiger partial charge on any atom is 0.193 e. The van der Waals surface area contributed by atoms with Crippen molar-refractivity contribution in [1.82, 2.24) is 4.90 Å². The molecule has 0 saturated carbocycles. The van der Waals surface area contributed by atoms with E-state index in [1.54, 1.807) is 7.11 Å². The van der Waals surface area contributed by atoms with Gasteiger partial charge in [0.1, 0.15) is 5.75 Å². The molecule has 24 heavy (non-hydrogen) atoms. The SMILES string of the molecule is COc1ccc(NC(N)=NCCCN2CC(C)OC(C)C2)cc1.I. The van der Waals surface area contributed by atoms with Gasteiger partial charge in [0.05, 0.1) is 19.3 Å². The Kier molecular flexibility index (Phi) is 9.38. The average Bonchev–Trinajstić information content (AvgIpc) is 2.51. The molecule has 2 atom stereocenters. The quantitative estimate of drug-likeness (QED) is 0.303. The number of nitrogens with two attached hydrogens (primary N) is 1. The van der Waals surface area contributed by atoms with E-state index in [0.29, 0.717) is 18.2 Å². The Bertz CT molecular complexity index is 500. The Morgan fingerprint density at radius 2 is 1.92 bits per heavy atom. The zero-order valence-electron chi connectivity index (χ0n) is 14.7. The molecule has 6 nitrogen and oxygen atoms in total. The Morgan fingerprint density at radius 3 is 2.50 bits per heavy atom. The maximum absolute atomic E-state index is 5.91. The summed E-state index contributed by atoms with van der Waals surface area (Å²) in [6, 6.07) is 7.60. The van der Waals surface area contributed by atoms with Crippen LogP contribution in [-0.2, 0) is 4.74 Å². The van der Waals surface area contributed by atoms with Crippen LogP contribution in [0.4, 0.5) is 5.69 Å². The van der Waals surface area contributed by atoms with Crippen molar-refractivity contribution < 1.29 is 9.47 Å². The van der Waals surface area contributed by atoms with Crippen LogP contribution in [0.1, 0.15) is 20.3 Å². The van der Waals surface area contributed by atoms with Crippen LogP contribution in [-0.4, -0.2) is 56.4 Å². The van der Waals surface area contributed by atoms with Crippen LogP contribution < -0.4 is 15.8 Å². The molecule has 1 aromatic rings. The fourth-order valence-electron chi connectivity index (χ4n) is 2.82. The highest BCUT2D eigenvalue weighted by Crippen LogP contribution is 2.14. The van der Waals surface area contributed by atoms with Crippen LogP contribution in [0.25, 0.3) is 0 Å². The molecule has 1 heterocycles. The largest absolute Gasteiger partial charge is 0.497 e. The molecule has 0 bridgehead atoms. The predicted molar refractivity (Wildman–Crippen MR) is 110 cm³/mol. The summed E-state index contributed by atoms with van der Waals surface area (Å²) in [7, 11) is 1.65. The number of guanidine groups is 1. The standard InChI is InChI=1S/C17H28N4O2.HI/c1-13-11-21(12-14(2)23-13)10-4-9-19-17(18)20-15-5-7-16(22-3)8-6-15;/h5-8,13-14H,4,9-12H2,1-3H3,(H3,18,19,20);1H. The van der Waals surface area contributed by atoms with Crippen molar-refractivity contribution >= 4 is 35.6 Å². The van der Waals surface area contributed by atoms with Crippen molar-refractivity contribution in [3.63, 3.8) is 0 Å². The molecule has 2 unspecified atom stereocenters. The van der Waals surface area contributed by atoms with E-state index in [1.165, 1.54) is 0 Å². The summed E-state index contributed by atoms with van der Waals surface area (Å²) < 4.78 is 10.9. The summed E-state index contributed by atoms with van der Waals surface area (Å²) in [4.78, 5) is 6.81. The zero-order chi connectivity index (χ0) is 16.7. The van der Waals surface area contributed by atoms with Gasteiger partial charge in [0, 0.05) is 31.9 Å². The Balaban J connectivity index is 0.00000288. The zero-order valence-corrected chi connectivity index (χ0v) is 17.0. The van der Waals surface area contributed by atoms with Gasteiger partial charge in [0.25, 0.3) is 0 Å². The molecule has 3 N–H and O–H groups in total. The van der Waals surface area contributed by atoms with Gasteiger partial charge in [-0.1, -0.05) is 0 Å². The summed E-state index contributed by atoms with van der Waals surface area (Å²) in [5.74, 6) is 1.26. The number of halogens is 1. The molecule has 7 heteroatoms. The first-order valence-corrected chi connectivity index (χ1v) is 8.15. The number of hydrogen-bond acceptors (Lipinski definition) is 4. The van der Waals surface area contributed by atoms with E-state index >= 15 is 0 Å². The highest BCUT2D eigenvalue weighted by atomic mass is 127. The van der Waals surface area contributed by atoms with Crippen LogP contribution in [0.15, 0.2) is 29.3 Å². The molecule has 136 valence electrons. The van der Waals surface area contributed by atoms with Crippen LogP contribution in [0, 0.1) is 0 Å². The number of benzene rings is 1. The topological polar surface area (TPSA) is 72.1 Å². The molecular weight excluding hydrogens is 419 g/mol. The lowest BCUT2D eigenvalue weighted by Crippen LogP contribution is -2.45. The molecular formula is C17H29IN4O2. The lowest BCUT2D eigenvalue weighted by molar-refractivity contribution is -0.0679. The minimum atomic E-state index is 0. The van der Waals surface area contributed by atoms with Crippen molar-refractivity contribution in [3.05, 3.63) is 24.3 Å². The molecule has 1 aromatic carbocycles. The van der Waals surface area contributed by atoms with Crippen molar-refractivity contribution in [2.45, 2.75) is 32.5 Å². The van der Waals surface area contributed by atoms with E-state index < -0.39 is 0 Å².